The number of para-hydroxylation sites is 1. The summed E-state index contributed by atoms with van der Waals surface area (Å²) in [6.07, 6.45) is 0. The largest absolute Gasteiger partial charge is 0.488 e. The monoisotopic (exact) mass is 295 g/mol. The van der Waals surface area contributed by atoms with E-state index in [1.165, 1.54) is 0 Å². The first-order chi connectivity index (χ1) is 9.09. The van der Waals surface area contributed by atoms with Crippen molar-refractivity contribution in [1.29, 1.82) is 0 Å². The van der Waals surface area contributed by atoms with Crippen molar-refractivity contribution in [3.63, 3.8) is 0 Å². The smallest absolute Gasteiger partial charge is 0.124 e. The van der Waals surface area contributed by atoms with E-state index in [0.29, 0.717) is 16.7 Å². The molecule has 0 bridgehead atoms. The van der Waals surface area contributed by atoms with E-state index >= 15 is 0 Å². The van der Waals surface area contributed by atoms with Crippen LogP contribution < -0.4 is 10.5 Å². The normalized spacial score (nSPS) is 12.2. The molecule has 0 saturated carbocycles. The Morgan fingerprint density at radius 2 is 1.68 bits per heavy atom. The van der Waals surface area contributed by atoms with Gasteiger partial charge in [0, 0.05) is 27.2 Å². The van der Waals surface area contributed by atoms with Gasteiger partial charge in [0.25, 0.3) is 0 Å². The maximum absolute atomic E-state index is 6.11. The fourth-order valence-electron chi connectivity index (χ4n) is 1.81. The zero-order chi connectivity index (χ0) is 13.8. The lowest BCUT2D eigenvalue weighted by Crippen LogP contribution is -2.08. The van der Waals surface area contributed by atoms with Crippen molar-refractivity contribution in [1.82, 2.24) is 0 Å². The molecule has 0 unspecified atom stereocenters. The summed E-state index contributed by atoms with van der Waals surface area (Å²) < 4.78 is 5.80. The minimum Gasteiger partial charge on any atom is -0.488 e. The Bertz CT molecular complexity index is 550. The third-order valence-electron chi connectivity index (χ3n) is 2.84. The maximum atomic E-state index is 6.11. The van der Waals surface area contributed by atoms with Crippen molar-refractivity contribution in [2.24, 2.45) is 5.73 Å². The SMILES string of the molecule is C[C@@H](N)c1ccccc1OCc1c(Cl)cccc1Cl. The van der Waals surface area contributed by atoms with Gasteiger partial charge in [0.15, 0.2) is 0 Å². The van der Waals surface area contributed by atoms with Crippen LogP contribution >= 0.6 is 23.2 Å². The summed E-state index contributed by atoms with van der Waals surface area (Å²) >= 11 is 12.2. The van der Waals surface area contributed by atoms with E-state index in [4.69, 9.17) is 33.7 Å². The van der Waals surface area contributed by atoms with E-state index in [-0.39, 0.29) is 6.04 Å². The van der Waals surface area contributed by atoms with Gasteiger partial charge in [-0.3, -0.25) is 0 Å². The number of halogens is 2. The highest BCUT2D eigenvalue weighted by Crippen LogP contribution is 2.28. The molecule has 0 fully saturated rings. The molecule has 0 saturated heterocycles. The van der Waals surface area contributed by atoms with Crippen molar-refractivity contribution in [2.45, 2.75) is 19.6 Å². The lowest BCUT2D eigenvalue weighted by molar-refractivity contribution is 0.301. The van der Waals surface area contributed by atoms with Crippen LogP contribution in [0.5, 0.6) is 5.75 Å². The molecule has 19 heavy (non-hydrogen) atoms. The van der Waals surface area contributed by atoms with Gasteiger partial charge in [-0.2, -0.15) is 0 Å². The zero-order valence-corrected chi connectivity index (χ0v) is 12.1. The Balaban J connectivity index is 2.19. The van der Waals surface area contributed by atoms with Gasteiger partial charge in [-0.05, 0) is 25.1 Å². The molecular formula is C15H15Cl2NO. The molecule has 2 aromatic rings. The van der Waals surface area contributed by atoms with Crippen molar-refractivity contribution in [2.75, 3.05) is 0 Å². The predicted molar refractivity (Wildman–Crippen MR) is 79.8 cm³/mol. The van der Waals surface area contributed by atoms with Crippen LogP contribution in [0, 0.1) is 0 Å². The fraction of sp³-hybridized carbons (Fsp3) is 0.200. The van der Waals surface area contributed by atoms with E-state index in [2.05, 4.69) is 0 Å². The van der Waals surface area contributed by atoms with Gasteiger partial charge < -0.3 is 10.5 Å². The summed E-state index contributed by atoms with van der Waals surface area (Å²) in [5.74, 6) is 0.758. The van der Waals surface area contributed by atoms with E-state index in [1.54, 1.807) is 12.1 Å². The molecule has 2 N–H and O–H groups in total. The minimum absolute atomic E-state index is 0.0853. The molecule has 100 valence electrons. The summed E-state index contributed by atoms with van der Waals surface area (Å²) in [4.78, 5) is 0. The highest BCUT2D eigenvalue weighted by atomic mass is 35.5. The van der Waals surface area contributed by atoms with Crippen LogP contribution in [0.2, 0.25) is 10.0 Å². The quantitative estimate of drug-likeness (QED) is 0.895. The molecule has 0 radical (unpaired) electrons. The lowest BCUT2D eigenvalue weighted by atomic mass is 10.1. The van der Waals surface area contributed by atoms with Crippen molar-refractivity contribution < 1.29 is 4.74 Å². The summed E-state index contributed by atoms with van der Waals surface area (Å²) in [7, 11) is 0. The highest BCUT2D eigenvalue weighted by molar-refractivity contribution is 6.35. The van der Waals surface area contributed by atoms with Gasteiger partial charge in [-0.25, -0.2) is 0 Å². The minimum atomic E-state index is -0.0853. The van der Waals surface area contributed by atoms with Crippen LogP contribution in [0.4, 0.5) is 0 Å². The zero-order valence-electron chi connectivity index (χ0n) is 10.6. The van der Waals surface area contributed by atoms with Crippen LogP contribution in [-0.2, 0) is 6.61 Å². The van der Waals surface area contributed by atoms with Gasteiger partial charge in [0.2, 0.25) is 0 Å². The molecule has 0 spiro atoms. The Morgan fingerprint density at radius 3 is 2.32 bits per heavy atom. The molecule has 0 aliphatic heterocycles. The van der Waals surface area contributed by atoms with Gasteiger partial charge in [0.1, 0.15) is 12.4 Å². The summed E-state index contributed by atoms with van der Waals surface area (Å²) in [6.45, 7) is 2.24. The standard InChI is InChI=1S/C15H15Cl2NO/c1-10(18)11-5-2-3-8-15(11)19-9-12-13(16)6-4-7-14(12)17/h2-8,10H,9,18H2,1H3/t10-/m1/s1. The molecule has 0 aliphatic carbocycles. The van der Waals surface area contributed by atoms with Crippen LogP contribution in [-0.4, -0.2) is 0 Å². The maximum Gasteiger partial charge on any atom is 0.124 e. The van der Waals surface area contributed by atoms with Gasteiger partial charge in [-0.1, -0.05) is 47.5 Å². The Labute approximate surface area is 123 Å². The predicted octanol–water partition coefficient (Wildman–Crippen LogP) is 4.59. The summed E-state index contributed by atoms with van der Waals surface area (Å²) in [5, 5.41) is 1.21. The van der Waals surface area contributed by atoms with Gasteiger partial charge in [0.05, 0.1) is 0 Å². The molecular weight excluding hydrogens is 281 g/mol. The molecule has 0 aliphatic rings. The Hall–Kier alpha value is -1.22. The number of nitrogens with two attached hydrogens (primary N) is 1. The topological polar surface area (TPSA) is 35.2 Å². The number of hydrogen-bond donors (Lipinski definition) is 1. The van der Waals surface area contributed by atoms with Crippen molar-refractivity contribution >= 4 is 23.2 Å². The van der Waals surface area contributed by atoms with E-state index < -0.39 is 0 Å². The first kappa shape index (κ1) is 14.2. The summed E-state index contributed by atoms with van der Waals surface area (Å²) in [5.41, 5.74) is 7.66. The molecule has 4 heteroatoms. The third-order valence-corrected chi connectivity index (χ3v) is 3.55. The van der Waals surface area contributed by atoms with E-state index in [0.717, 1.165) is 16.9 Å². The molecule has 0 amide bonds. The lowest BCUT2D eigenvalue weighted by Gasteiger charge is -2.15. The second-order valence-corrected chi connectivity index (χ2v) is 5.13. The molecule has 0 heterocycles. The average molecular weight is 296 g/mol. The van der Waals surface area contributed by atoms with Crippen molar-refractivity contribution in [3.8, 4) is 5.75 Å². The molecule has 2 rings (SSSR count). The second kappa shape index (κ2) is 6.29. The molecule has 0 aromatic heterocycles. The fourth-order valence-corrected chi connectivity index (χ4v) is 2.31. The Morgan fingerprint density at radius 1 is 1.05 bits per heavy atom. The number of ether oxygens (including phenoxy) is 1. The Kier molecular flexibility index (Phi) is 4.70. The van der Waals surface area contributed by atoms with Crippen LogP contribution in [0.1, 0.15) is 24.1 Å². The first-order valence-corrected chi connectivity index (χ1v) is 6.75. The molecule has 1 atom stereocenters. The van der Waals surface area contributed by atoms with E-state index in [1.807, 2.05) is 37.3 Å². The van der Waals surface area contributed by atoms with Gasteiger partial charge in [-0.15, -0.1) is 0 Å². The van der Waals surface area contributed by atoms with Crippen LogP contribution in [0.25, 0.3) is 0 Å². The molecule has 2 aromatic carbocycles. The third kappa shape index (κ3) is 3.41. The number of benzene rings is 2. The van der Waals surface area contributed by atoms with Gasteiger partial charge >= 0.3 is 0 Å². The number of hydrogen-bond acceptors (Lipinski definition) is 2. The summed E-state index contributed by atoms with van der Waals surface area (Å²) in [6, 6.07) is 13.0. The number of rotatable bonds is 4. The average Bonchev–Trinajstić information content (AvgIpc) is 2.38. The second-order valence-electron chi connectivity index (χ2n) is 4.32. The first-order valence-electron chi connectivity index (χ1n) is 6.00. The highest BCUT2D eigenvalue weighted by Gasteiger charge is 2.10. The molecule has 2 nitrogen and oxygen atoms in total. The van der Waals surface area contributed by atoms with Crippen LogP contribution in [0.3, 0.4) is 0 Å². The van der Waals surface area contributed by atoms with Crippen LogP contribution in [0.15, 0.2) is 42.5 Å². The van der Waals surface area contributed by atoms with E-state index in [9.17, 15) is 0 Å². The van der Waals surface area contributed by atoms with Crippen molar-refractivity contribution in [3.05, 3.63) is 63.6 Å².